The van der Waals surface area contributed by atoms with E-state index in [2.05, 4.69) is 4.98 Å². The Labute approximate surface area is 147 Å². The molecule has 25 heavy (non-hydrogen) atoms. The van der Waals surface area contributed by atoms with Gasteiger partial charge in [0.05, 0.1) is 6.20 Å². The fraction of sp³-hybridized carbons (Fsp3) is 0.350. The third-order valence-corrected chi connectivity index (χ3v) is 4.47. The van der Waals surface area contributed by atoms with Crippen LogP contribution in [0.3, 0.4) is 0 Å². The first kappa shape index (κ1) is 17.1. The van der Waals surface area contributed by atoms with Crippen LogP contribution < -0.4 is 4.74 Å². The first-order chi connectivity index (χ1) is 12.1. The highest BCUT2D eigenvalue weighted by Gasteiger charge is 2.33. The van der Waals surface area contributed by atoms with Crippen molar-refractivity contribution >= 4 is 11.7 Å². The second-order valence-corrected chi connectivity index (χ2v) is 6.27. The third-order valence-electron chi connectivity index (χ3n) is 4.47. The summed E-state index contributed by atoms with van der Waals surface area (Å²) in [7, 11) is 0. The van der Waals surface area contributed by atoms with Crippen LogP contribution in [0.1, 0.15) is 36.5 Å². The summed E-state index contributed by atoms with van der Waals surface area (Å²) in [5.74, 6) is 0.567. The van der Waals surface area contributed by atoms with Crippen molar-refractivity contribution in [3.63, 3.8) is 0 Å². The molecule has 5 heteroatoms. The quantitative estimate of drug-likeness (QED) is 0.759. The third kappa shape index (κ3) is 4.24. The standard InChI is InChI=1S/C20H22N2O3/c1-15(25-18-10-5-11-21-14-18)20(24)22-12-6-9-17(22)13-19(23)16-7-3-2-4-8-16/h2-5,7-8,10-11,14-15,17H,6,9,12-13H2,1H3. The average molecular weight is 338 g/mol. The highest BCUT2D eigenvalue weighted by molar-refractivity contribution is 5.96. The largest absolute Gasteiger partial charge is 0.479 e. The zero-order valence-electron chi connectivity index (χ0n) is 14.3. The van der Waals surface area contributed by atoms with Crippen molar-refractivity contribution in [1.82, 2.24) is 9.88 Å². The van der Waals surface area contributed by atoms with Crippen molar-refractivity contribution < 1.29 is 14.3 Å². The zero-order chi connectivity index (χ0) is 17.6. The molecule has 1 amide bonds. The van der Waals surface area contributed by atoms with Crippen molar-refractivity contribution in [2.75, 3.05) is 6.54 Å². The van der Waals surface area contributed by atoms with E-state index in [9.17, 15) is 9.59 Å². The topological polar surface area (TPSA) is 59.5 Å². The summed E-state index contributed by atoms with van der Waals surface area (Å²) < 4.78 is 5.69. The van der Waals surface area contributed by atoms with Gasteiger partial charge in [-0.25, -0.2) is 0 Å². The molecule has 1 saturated heterocycles. The molecule has 1 fully saturated rings. The van der Waals surface area contributed by atoms with Crippen LogP contribution in [-0.2, 0) is 4.79 Å². The summed E-state index contributed by atoms with van der Waals surface area (Å²) in [5.41, 5.74) is 0.696. The number of benzene rings is 1. The number of carbonyl (C=O) groups is 2. The van der Waals surface area contributed by atoms with Crippen LogP contribution in [0, 0.1) is 0 Å². The van der Waals surface area contributed by atoms with Crippen molar-refractivity contribution in [2.45, 2.75) is 38.3 Å². The molecule has 5 nitrogen and oxygen atoms in total. The summed E-state index contributed by atoms with van der Waals surface area (Å²) in [5, 5.41) is 0. The van der Waals surface area contributed by atoms with Crippen LogP contribution in [0.5, 0.6) is 5.75 Å². The summed E-state index contributed by atoms with van der Waals surface area (Å²) in [6.45, 7) is 2.41. The Balaban J connectivity index is 1.62. The lowest BCUT2D eigenvalue weighted by molar-refractivity contribution is -0.138. The number of amides is 1. The van der Waals surface area contributed by atoms with Gasteiger partial charge in [-0.1, -0.05) is 30.3 Å². The van der Waals surface area contributed by atoms with Crippen LogP contribution in [0.2, 0.25) is 0 Å². The van der Waals surface area contributed by atoms with Gasteiger partial charge in [-0.15, -0.1) is 0 Å². The number of nitrogens with zero attached hydrogens (tertiary/aromatic N) is 2. The maximum atomic E-state index is 12.7. The van der Waals surface area contributed by atoms with Gasteiger partial charge in [-0.3, -0.25) is 14.6 Å². The molecule has 0 saturated carbocycles. The molecule has 0 bridgehead atoms. The highest BCUT2D eigenvalue weighted by atomic mass is 16.5. The van der Waals surface area contributed by atoms with E-state index in [0.29, 0.717) is 24.3 Å². The highest BCUT2D eigenvalue weighted by Crippen LogP contribution is 2.23. The van der Waals surface area contributed by atoms with Gasteiger partial charge in [-0.2, -0.15) is 0 Å². The number of rotatable bonds is 6. The lowest BCUT2D eigenvalue weighted by Gasteiger charge is -2.27. The number of aromatic nitrogens is 1. The molecular weight excluding hydrogens is 316 g/mol. The molecule has 0 N–H and O–H groups in total. The maximum Gasteiger partial charge on any atom is 0.263 e. The molecule has 1 aromatic heterocycles. The zero-order valence-corrected chi connectivity index (χ0v) is 14.3. The van der Waals surface area contributed by atoms with E-state index in [-0.39, 0.29) is 17.7 Å². The van der Waals surface area contributed by atoms with Gasteiger partial charge in [0.25, 0.3) is 5.91 Å². The maximum absolute atomic E-state index is 12.7. The molecular formula is C20H22N2O3. The van der Waals surface area contributed by atoms with Crippen LogP contribution in [0.4, 0.5) is 0 Å². The van der Waals surface area contributed by atoms with Crippen LogP contribution >= 0.6 is 0 Å². The number of ketones is 1. The minimum Gasteiger partial charge on any atom is -0.479 e. The molecule has 2 atom stereocenters. The Morgan fingerprint density at radius 2 is 2.04 bits per heavy atom. The number of pyridine rings is 1. The van der Waals surface area contributed by atoms with Gasteiger partial charge in [0, 0.05) is 30.8 Å². The lowest BCUT2D eigenvalue weighted by atomic mass is 10.0. The molecule has 2 heterocycles. The van der Waals surface area contributed by atoms with Gasteiger partial charge in [0.2, 0.25) is 0 Å². The van der Waals surface area contributed by atoms with Crippen molar-refractivity contribution in [3.8, 4) is 5.75 Å². The van der Waals surface area contributed by atoms with Gasteiger partial charge >= 0.3 is 0 Å². The normalized spacial score (nSPS) is 18.0. The van der Waals surface area contributed by atoms with E-state index in [1.54, 1.807) is 36.4 Å². The number of hydrogen-bond acceptors (Lipinski definition) is 4. The van der Waals surface area contributed by atoms with E-state index >= 15 is 0 Å². The van der Waals surface area contributed by atoms with Gasteiger partial charge in [0.1, 0.15) is 5.75 Å². The molecule has 2 aromatic rings. The van der Waals surface area contributed by atoms with Gasteiger partial charge in [0.15, 0.2) is 11.9 Å². The summed E-state index contributed by atoms with van der Waals surface area (Å²) in [4.78, 5) is 31.0. The Morgan fingerprint density at radius 1 is 1.24 bits per heavy atom. The van der Waals surface area contributed by atoms with Crippen molar-refractivity contribution in [3.05, 3.63) is 60.4 Å². The van der Waals surface area contributed by atoms with Gasteiger partial charge < -0.3 is 9.64 Å². The molecule has 130 valence electrons. The molecule has 1 aliphatic rings. The fourth-order valence-electron chi connectivity index (χ4n) is 3.20. The molecule has 2 unspecified atom stereocenters. The van der Waals surface area contributed by atoms with E-state index in [1.807, 2.05) is 30.3 Å². The number of ether oxygens (including phenoxy) is 1. The van der Waals surface area contributed by atoms with Crippen molar-refractivity contribution in [1.29, 1.82) is 0 Å². The van der Waals surface area contributed by atoms with Crippen LogP contribution in [0.15, 0.2) is 54.9 Å². The molecule has 1 aliphatic heterocycles. The number of Topliss-reactive ketones (excluding diaryl/α,β-unsaturated/α-hetero) is 1. The monoisotopic (exact) mass is 338 g/mol. The SMILES string of the molecule is CC(Oc1cccnc1)C(=O)N1CCCC1CC(=O)c1ccccc1. The predicted octanol–water partition coefficient (Wildman–Crippen LogP) is 3.11. The number of hydrogen-bond donors (Lipinski definition) is 0. The summed E-state index contributed by atoms with van der Waals surface area (Å²) in [6, 6.07) is 12.7. The van der Waals surface area contributed by atoms with E-state index in [1.165, 1.54) is 0 Å². The minimum absolute atomic E-state index is 0.0554. The van der Waals surface area contributed by atoms with E-state index in [4.69, 9.17) is 4.74 Å². The summed E-state index contributed by atoms with van der Waals surface area (Å²) in [6.07, 6.45) is 4.77. The Morgan fingerprint density at radius 3 is 2.76 bits per heavy atom. The van der Waals surface area contributed by atoms with Crippen molar-refractivity contribution in [2.24, 2.45) is 0 Å². The fourth-order valence-corrected chi connectivity index (χ4v) is 3.20. The Kier molecular flexibility index (Phi) is 5.43. The second-order valence-electron chi connectivity index (χ2n) is 6.27. The smallest absolute Gasteiger partial charge is 0.263 e. The Bertz CT molecular complexity index is 718. The predicted molar refractivity (Wildman–Crippen MR) is 94.5 cm³/mol. The molecule has 3 rings (SSSR count). The average Bonchev–Trinajstić information content (AvgIpc) is 3.10. The second kappa shape index (κ2) is 7.92. The van der Waals surface area contributed by atoms with E-state index < -0.39 is 6.10 Å². The lowest BCUT2D eigenvalue weighted by Crippen LogP contribution is -2.43. The number of carbonyl (C=O) groups excluding carboxylic acids is 2. The Hall–Kier alpha value is -2.69. The van der Waals surface area contributed by atoms with E-state index in [0.717, 1.165) is 12.8 Å². The summed E-state index contributed by atoms with van der Waals surface area (Å²) >= 11 is 0. The minimum atomic E-state index is -0.600. The molecule has 0 radical (unpaired) electrons. The molecule has 1 aromatic carbocycles. The molecule has 0 aliphatic carbocycles. The van der Waals surface area contributed by atoms with Gasteiger partial charge in [-0.05, 0) is 31.9 Å². The molecule has 0 spiro atoms. The van der Waals surface area contributed by atoms with Crippen LogP contribution in [0.25, 0.3) is 0 Å². The number of likely N-dealkylation sites (tertiary alicyclic amines) is 1. The first-order valence-electron chi connectivity index (χ1n) is 8.60. The first-order valence-corrected chi connectivity index (χ1v) is 8.60. The van der Waals surface area contributed by atoms with Crippen LogP contribution in [-0.4, -0.2) is 40.3 Å².